The molecule has 3 aliphatic heterocycles. The molecule has 3 fully saturated rings. The Bertz CT molecular complexity index is 2100. The summed E-state index contributed by atoms with van der Waals surface area (Å²) in [7, 11) is 1.64. The van der Waals surface area contributed by atoms with Crippen molar-refractivity contribution in [3.05, 3.63) is 118 Å². The van der Waals surface area contributed by atoms with Crippen LogP contribution in [0.2, 0.25) is 0 Å². The Morgan fingerprint density at radius 1 is 1.04 bits per heavy atom. The van der Waals surface area contributed by atoms with Gasteiger partial charge in [0, 0.05) is 53.4 Å². The van der Waals surface area contributed by atoms with E-state index in [-0.39, 0.29) is 41.8 Å². The average Bonchev–Trinajstić information content (AvgIpc) is 3.92. The van der Waals surface area contributed by atoms with Crippen LogP contribution < -0.4 is 20.7 Å². The molecule has 292 valence electrons. The van der Waals surface area contributed by atoms with E-state index in [0.717, 1.165) is 65.1 Å². The molecule has 3 aromatic carbocycles. The lowest BCUT2D eigenvalue weighted by Gasteiger charge is -2.34. The largest absolute Gasteiger partial charge is 0.495 e. The molecule has 7 rings (SSSR count). The van der Waals surface area contributed by atoms with Gasteiger partial charge in [0.2, 0.25) is 11.8 Å². The van der Waals surface area contributed by atoms with E-state index in [4.69, 9.17) is 4.74 Å². The maximum absolute atomic E-state index is 13.7. The zero-order chi connectivity index (χ0) is 39.2. The summed E-state index contributed by atoms with van der Waals surface area (Å²) in [5.74, 6) is 1.65. The number of nitrogens with one attached hydrogen (secondary N) is 3. The van der Waals surface area contributed by atoms with Gasteiger partial charge in [0.15, 0.2) is 5.78 Å². The van der Waals surface area contributed by atoms with E-state index in [1.165, 1.54) is 0 Å². The number of ketones is 1. The van der Waals surface area contributed by atoms with Crippen LogP contribution in [0.5, 0.6) is 5.75 Å². The van der Waals surface area contributed by atoms with Crippen LogP contribution >= 0.6 is 11.8 Å². The van der Waals surface area contributed by atoms with Crippen molar-refractivity contribution < 1.29 is 23.9 Å². The summed E-state index contributed by atoms with van der Waals surface area (Å²) >= 11 is 1.90. The summed E-state index contributed by atoms with van der Waals surface area (Å²) < 4.78 is 7.60. The van der Waals surface area contributed by atoms with Crippen molar-refractivity contribution in [3.63, 3.8) is 0 Å². The van der Waals surface area contributed by atoms with Crippen molar-refractivity contribution in [2.24, 2.45) is 0 Å². The molecule has 0 unspecified atom stereocenters. The summed E-state index contributed by atoms with van der Waals surface area (Å²) in [4.78, 5) is 57.3. The minimum atomic E-state index is -0.157. The molecule has 12 heteroatoms. The molecule has 56 heavy (non-hydrogen) atoms. The number of piperidine rings is 1. The predicted octanol–water partition coefficient (Wildman–Crippen LogP) is 6.57. The Balaban J connectivity index is 0.869. The summed E-state index contributed by atoms with van der Waals surface area (Å²) in [6.07, 6.45) is 11.2. The first kappa shape index (κ1) is 38.9. The number of urea groups is 1. The molecule has 4 atom stereocenters. The summed E-state index contributed by atoms with van der Waals surface area (Å²) in [5, 5.41) is 9.42. The van der Waals surface area contributed by atoms with Gasteiger partial charge in [-0.25, -0.2) is 9.78 Å². The molecular weight excluding hydrogens is 725 g/mol. The van der Waals surface area contributed by atoms with E-state index < -0.39 is 0 Å². The monoisotopic (exact) mass is 774 g/mol. The number of aryl methyl sites for hydroxylation is 1. The third kappa shape index (κ3) is 9.02. The normalized spacial score (nSPS) is 20.4. The van der Waals surface area contributed by atoms with E-state index in [2.05, 4.69) is 20.9 Å². The predicted molar refractivity (Wildman–Crippen MR) is 219 cm³/mol. The second-order valence-electron chi connectivity index (χ2n) is 14.9. The van der Waals surface area contributed by atoms with Crippen LogP contribution in [0.3, 0.4) is 0 Å². The molecule has 0 radical (unpaired) electrons. The van der Waals surface area contributed by atoms with Crippen molar-refractivity contribution in [1.82, 2.24) is 30.4 Å². The average molecular weight is 775 g/mol. The Labute approximate surface area is 332 Å². The number of rotatable bonds is 15. The van der Waals surface area contributed by atoms with Gasteiger partial charge in [-0.2, -0.15) is 11.8 Å². The maximum Gasteiger partial charge on any atom is 0.315 e. The van der Waals surface area contributed by atoms with Crippen LogP contribution in [0.4, 0.5) is 4.79 Å². The topological polar surface area (TPSA) is 135 Å². The number of fused-ring (bicyclic) bond motifs is 1. The van der Waals surface area contributed by atoms with Gasteiger partial charge in [-0.15, -0.1) is 0 Å². The quantitative estimate of drug-likeness (QED) is 0.0539. The number of aromatic nitrogens is 2. The Morgan fingerprint density at radius 3 is 2.54 bits per heavy atom. The van der Waals surface area contributed by atoms with E-state index in [1.807, 2.05) is 114 Å². The molecule has 1 aromatic heterocycles. The Hall–Kier alpha value is -5.36. The fourth-order valence-corrected chi connectivity index (χ4v) is 9.42. The van der Waals surface area contributed by atoms with Gasteiger partial charge < -0.3 is 30.2 Å². The molecule has 0 bridgehead atoms. The third-order valence-electron chi connectivity index (χ3n) is 11.1. The van der Waals surface area contributed by atoms with Crippen LogP contribution in [0.25, 0.3) is 11.8 Å². The molecular formula is C44H50N6O5S. The number of likely N-dealkylation sites (tertiary alicyclic amines) is 1. The summed E-state index contributed by atoms with van der Waals surface area (Å²) in [6, 6.07) is 21.2. The molecule has 3 saturated heterocycles. The number of carbonyl (C=O) groups excluding carboxylic acids is 4. The SMILES string of the molecule is COc1cc(/C=C2\CCCN([C@@H](C)c3ccc(C(=O)c4ccc(CCNC(=O)CCCC[C@@H]5SC[C@@H]6NC(=O)N[C@@H]65)cc4)cc3)C2=O)ccc1-n1cnc(C)c1. The summed E-state index contributed by atoms with van der Waals surface area (Å²) in [5.41, 5.74) is 6.67. The second kappa shape index (κ2) is 17.6. The summed E-state index contributed by atoms with van der Waals surface area (Å²) in [6.45, 7) is 5.18. The van der Waals surface area contributed by atoms with Crippen molar-refractivity contribution in [1.29, 1.82) is 0 Å². The number of hydrogen-bond donors (Lipinski definition) is 3. The first-order valence-electron chi connectivity index (χ1n) is 19.6. The van der Waals surface area contributed by atoms with Crippen LogP contribution in [-0.4, -0.2) is 81.4 Å². The molecule has 0 saturated carbocycles. The van der Waals surface area contributed by atoms with Crippen LogP contribution in [0, 0.1) is 6.92 Å². The van der Waals surface area contributed by atoms with Crippen molar-refractivity contribution >= 4 is 41.5 Å². The number of methoxy groups -OCH3 is 1. The van der Waals surface area contributed by atoms with Gasteiger partial charge in [-0.3, -0.25) is 14.4 Å². The highest BCUT2D eigenvalue weighted by molar-refractivity contribution is 8.00. The number of carbonyl (C=O) groups is 4. The highest BCUT2D eigenvalue weighted by atomic mass is 32.2. The van der Waals surface area contributed by atoms with Crippen molar-refractivity contribution in [3.8, 4) is 11.4 Å². The van der Waals surface area contributed by atoms with Gasteiger partial charge in [-0.1, -0.05) is 61.0 Å². The van der Waals surface area contributed by atoms with Gasteiger partial charge in [0.25, 0.3) is 0 Å². The minimum Gasteiger partial charge on any atom is -0.495 e. The first-order valence-corrected chi connectivity index (χ1v) is 20.6. The lowest BCUT2D eigenvalue weighted by molar-refractivity contribution is -0.130. The molecule has 0 aliphatic carbocycles. The van der Waals surface area contributed by atoms with Gasteiger partial charge in [0.1, 0.15) is 5.75 Å². The van der Waals surface area contributed by atoms with E-state index >= 15 is 0 Å². The number of ether oxygens (including phenoxy) is 1. The zero-order valence-corrected chi connectivity index (χ0v) is 33.1. The highest BCUT2D eigenvalue weighted by Crippen LogP contribution is 2.34. The first-order chi connectivity index (χ1) is 27.2. The molecule has 3 aliphatic rings. The van der Waals surface area contributed by atoms with Gasteiger partial charge in [0.05, 0.1) is 42.9 Å². The third-order valence-corrected chi connectivity index (χ3v) is 12.6. The van der Waals surface area contributed by atoms with Crippen LogP contribution in [0.15, 0.2) is 84.8 Å². The molecule has 4 heterocycles. The number of thioether (sulfide) groups is 1. The standard InChI is InChI=1S/C44H50N6O5S/c1-28-25-49(27-46-28)37-19-12-31(24-38(37)55-3)23-35-7-6-22-50(43(35)53)29(2)32-15-17-34(18-16-32)42(52)33-13-10-30(11-14-33)20-21-45-40(51)9-5-4-8-39-41-36(26-56-39)47-44(54)48-41/h10-19,23-25,27,29,36,39,41H,4-9,20-22,26H2,1-3H3,(H,45,51)(H2,47,48,54)/b35-23+/t29-,36-,39-,41-/m0/s1. The van der Waals surface area contributed by atoms with E-state index in [9.17, 15) is 19.2 Å². The molecule has 4 aromatic rings. The fourth-order valence-electron chi connectivity index (χ4n) is 7.88. The van der Waals surface area contributed by atoms with E-state index in [1.54, 1.807) is 13.4 Å². The van der Waals surface area contributed by atoms with Crippen LogP contribution in [0.1, 0.15) is 89.8 Å². The van der Waals surface area contributed by atoms with E-state index in [0.29, 0.717) is 54.5 Å². The Morgan fingerprint density at radius 2 is 1.80 bits per heavy atom. The Kier molecular flexibility index (Phi) is 12.2. The number of unbranched alkanes of at least 4 members (excludes halogenated alkanes) is 1. The number of amides is 4. The second-order valence-corrected chi connectivity index (χ2v) is 16.2. The number of nitrogens with zero attached hydrogens (tertiary/aromatic N) is 3. The fraction of sp³-hybridized carbons (Fsp3) is 0.386. The number of benzene rings is 3. The smallest absolute Gasteiger partial charge is 0.315 e. The molecule has 3 N–H and O–H groups in total. The van der Waals surface area contributed by atoms with Crippen molar-refractivity contribution in [2.45, 2.75) is 82.2 Å². The number of hydrogen-bond acceptors (Lipinski definition) is 7. The zero-order valence-electron chi connectivity index (χ0n) is 32.3. The highest BCUT2D eigenvalue weighted by Gasteiger charge is 2.42. The van der Waals surface area contributed by atoms with Gasteiger partial charge >= 0.3 is 6.03 Å². The molecule has 4 amide bonds. The lowest BCUT2D eigenvalue weighted by atomic mass is 9.95. The lowest BCUT2D eigenvalue weighted by Crippen LogP contribution is -2.38. The molecule has 0 spiro atoms. The maximum atomic E-state index is 13.7. The number of imidazole rings is 1. The molecule has 11 nitrogen and oxygen atoms in total. The van der Waals surface area contributed by atoms with Crippen molar-refractivity contribution in [2.75, 3.05) is 26.0 Å². The van der Waals surface area contributed by atoms with Crippen LogP contribution in [-0.2, 0) is 16.0 Å². The minimum absolute atomic E-state index is 0.0175. The van der Waals surface area contributed by atoms with Gasteiger partial charge in [-0.05, 0) is 80.9 Å².